The SMILES string of the molecule is NC(=O)C1CC(S(=O)c2ccccc2C(F)(F)F)CN1c1nc(Cl)ns1. The van der Waals surface area contributed by atoms with Gasteiger partial charge in [0, 0.05) is 18.1 Å². The summed E-state index contributed by atoms with van der Waals surface area (Å²) in [6, 6.07) is 3.86. The largest absolute Gasteiger partial charge is 0.417 e. The smallest absolute Gasteiger partial charge is 0.368 e. The van der Waals surface area contributed by atoms with Crippen LogP contribution in [0.2, 0.25) is 5.28 Å². The Labute approximate surface area is 157 Å². The summed E-state index contributed by atoms with van der Waals surface area (Å²) in [7, 11) is -1.99. The maximum Gasteiger partial charge on any atom is 0.417 e. The topological polar surface area (TPSA) is 89.2 Å². The Morgan fingerprint density at radius 2 is 2.08 bits per heavy atom. The van der Waals surface area contributed by atoms with Crippen LogP contribution >= 0.6 is 23.1 Å². The standard InChI is InChI=1S/C14H12ClF3N4O2S2/c15-12-20-13(25-21-12)22-6-7(5-9(22)11(19)23)26(24)10-4-2-1-3-8(10)14(16,17)18/h1-4,7,9H,5-6H2,(H2,19,23). The molecule has 26 heavy (non-hydrogen) atoms. The Hall–Kier alpha value is -1.72. The molecule has 0 spiro atoms. The number of alkyl halides is 3. The van der Waals surface area contributed by atoms with E-state index in [4.69, 9.17) is 17.3 Å². The van der Waals surface area contributed by atoms with Crippen LogP contribution in [0.25, 0.3) is 0 Å². The van der Waals surface area contributed by atoms with Crippen molar-refractivity contribution in [2.24, 2.45) is 5.73 Å². The molecule has 0 saturated carbocycles. The molecule has 1 aliphatic rings. The fourth-order valence-corrected chi connectivity index (χ4v) is 5.30. The van der Waals surface area contributed by atoms with E-state index in [-0.39, 0.29) is 23.1 Å². The number of carbonyl (C=O) groups excluding carboxylic acids is 1. The number of amides is 1. The average Bonchev–Trinajstić information content (AvgIpc) is 3.19. The molecule has 1 amide bonds. The molecule has 2 aromatic rings. The molecule has 2 heterocycles. The third-order valence-corrected chi connectivity index (χ3v) is 6.70. The van der Waals surface area contributed by atoms with E-state index in [2.05, 4.69) is 9.36 Å². The molecular weight excluding hydrogens is 413 g/mol. The zero-order valence-corrected chi connectivity index (χ0v) is 15.3. The third kappa shape index (κ3) is 3.69. The zero-order chi connectivity index (χ0) is 19.1. The van der Waals surface area contributed by atoms with Gasteiger partial charge in [-0.3, -0.25) is 9.00 Å². The molecular formula is C14H12ClF3N4O2S2. The quantitative estimate of drug-likeness (QED) is 0.814. The fourth-order valence-electron chi connectivity index (χ4n) is 2.80. The summed E-state index contributed by atoms with van der Waals surface area (Å²) in [6.45, 7) is 0.0535. The summed E-state index contributed by atoms with van der Waals surface area (Å²) in [5.41, 5.74) is 4.44. The molecule has 1 aromatic heterocycles. The van der Waals surface area contributed by atoms with Crippen molar-refractivity contribution in [3.8, 4) is 0 Å². The molecule has 0 bridgehead atoms. The molecule has 1 aliphatic heterocycles. The number of hydrogen-bond donors (Lipinski definition) is 1. The number of carbonyl (C=O) groups is 1. The second-order valence-electron chi connectivity index (χ2n) is 5.57. The summed E-state index contributed by atoms with van der Waals surface area (Å²) >= 11 is 6.62. The van der Waals surface area contributed by atoms with Gasteiger partial charge in [-0.1, -0.05) is 12.1 Å². The molecule has 12 heteroatoms. The Morgan fingerprint density at radius 1 is 1.38 bits per heavy atom. The number of anilines is 1. The van der Waals surface area contributed by atoms with E-state index >= 15 is 0 Å². The van der Waals surface area contributed by atoms with Gasteiger partial charge >= 0.3 is 6.18 Å². The van der Waals surface area contributed by atoms with Crippen LogP contribution in [-0.2, 0) is 21.8 Å². The van der Waals surface area contributed by atoms with Crippen molar-refractivity contribution in [1.82, 2.24) is 9.36 Å². The highest BCUT2D eigenvalue weighted by molar-refractivity contribution is 7.85. The van der Waals surface area contributed by atoms with Gasteiger partial charge in [-0.05, 0) is 30.2 Å². The number of rotatable bonds is 4. The van der Waals surface area contributed by atoms with Crippen molar-refractivity contribution in [2.75, 3.05) is 11.4 Å². The molecule has 3 unspecified atom stereocenters. The van der Waals surface area contributed by atoms with E-state index in [0.717, 1.165) is 17.6 Å². The second kappa shape index (κ2) is 7.12. The maximum atomic E-state index is 13.2. The predicted molar refractivity (Wildman–Crippen MR) is 91.5 cm³/mol. The molecule has 2 N–H and O–H groups in total. The van der Waals surface area contributed by atoms with Crippen LogP contribution in [0.4, 0.5) is 18.3 Å². The first kappa shape index (κ1) is 19.1. The minimum absolute atomic E-state index is 0.0137. The van der Waals surface area contributed by atoms with Crippen LogP contribution in [0.1, 0.15) is 12.0 Å². The molecule has 6 nitrogen and oxygen atoms in total. The van der Waals surface area contributed by atoms with Gasteiger partial charge in [0.2, 0.25) is 16.3 Å². The Morgan fingerprint density at radius 3 is 2.65 bits per heavy atom. The highest BCUT2D eigenvalue weighted by Crippen LogP contribution is 2.37. The summed E-state index contributed by atoms with van der Waals surface area (Å²) in [4.78, 5) is 16.9. The molecule has 140 valence electrons. The van der Waals surface area contributed by atoms with Gasteiger partial charge in [0.25, 0.3) is 0 Å². The molecule has 3 rings (SSSR count). The normalized spacial score (nSPS) is 21.8. The Bertz CT molecular complexity index is 861. The van der Waals surface area contributed by atoms with Gasteiger partial charge in [-0.15, -0.1) is 0 Å². The number of primary amides is 1. The van der Waals surface area contributed by atoms with Gasteiger partial charge in [-0.25, -0.2) is 0 Å². The van der Waals surface area contributed by atoms with Crippen molar-refractivity contribution in [3.63, 3.8) is 0 Å². The summed E-state index contributed by atoms with van der Waals surface area (Å²) in [6.07, 6.45) is -4.58. The lowest BCUT2D eigenvalue weighted by Crippen LogP contribution is -2.40. The molecule has 1 fully saturated rings. The van der Waals surface area contributed by atoms with Crippen molar-refractivity contribution >= 4 is 45.0 Å². The third-order valence-electron chi connectivity index (χ3n) is 3.94. The minimum Gasteiger partial charge on any atom is -0.368 e. The van der Waals surface area contributed by atoms with Crippen LogP contribution < -0.4 is 10.6 Å². The number of nitrogens with two attached hydrogens (primary N) is 1. The lowest BCUT2D eigenvalue weighted by atomic mass is 10.2. The average molecular weight is 425 g/mol. The first-order chi connectivity index (χ1) is 12.2. The summed E-state index contributed by atoms with van der Waals surface area (Å²) in [5.74, 6) is -0.681. The monoisotopic (exact) mass is 424 g/mol. The maximum absolute atomic E-state index is 13.2. The van der Waals surface area contributed by atoms with Crippen LogP contribution in [0, 0.1) is 0 Å². The van der Waals surface area contributed by atoms with Crippen LogP contribution in [0.3, 0.4) is 0 Å². The lowest BCUT2D eigenvalue weighted by Gasteiger charge is -2.20. The van der Waals surface area contributed by atoms with E-state index in [1.165, 1.54) is 23.1 Å². The number of halogens is 4. The van der Waals surface area contributed by atoms with Crippen LogP contribution in [0.15, 0.2) is 29.2 Å². The Kier molecular flexibility index (Phi) is 5.22. The molecule has 1 aromatic carbocycles. The number of hydrogen-bond acceptors (Lipinski definition) is 6. The van der Waals surface area contributed by atoms with Gasteiger partial charge in [0.15, 0.2) is 0 Å². The van der Waals surface area contributed by atoms with E-state index < -0.39 is 39.7 Å². The van der Waals surface area contributed by atoms with E-state index in [9.17, 15) is 22.2 Å². The van der Waals surface area contributed by atoms with E-state index in [1.807, 2.05) is 0 Å². The van der Waals surface area contributed by atoms with Crippen molar-refractivity contribution in [1.29, 1.82) is 0 Å². The van der Waals surface area contributed by atoms with Gasteiger partial charge in [-0.2, -0.15) is 22.5 Å². The fraction of sp³-hybridized carbons (Fsp3) is 0.357. The number of nitrogens with zero attached hydrogens (tertiary/aromatic N) is 3. The van der Waals surface area contributed by atoms with Crippen LogP contribution in [0.5, 0.6) is 0 Å². The highest BCUT2D eigenvalue weighted by atomic mass is 35.5. The lowest BCUT2D eigenvalue weighted by molar-refractivity contribution is -0.139. The van der Waals surface area contributed by atoms with Gasteiger partial charge < -0.3 is 10.6 Å². The molecule has 0 aliphatic carbocycles. The molecule has 0 radical (unpaired) electrons. The first-order valence-corrected chi connectivity index (χ1v) is 9.67. The van der Waals surface area contributed by atoms with Crippen molar-refractivity contribution in [3.05, 3.63) is 35.1 Å². The summed E-state index contributed by atoms with van der Waals surface area (Å²) in [5, 5.41) is -0.429. The van der Waals surface area contributed by atoms with E-state index in [1.54, 1.807) is 0 Å². The highest BCUT2D eigenvalue weighted by Gasteiger charge is 2.42. The zero-order valence-electron chi connectivity index (χ0n) is 12.9. The first-order valence-electron chi connectivity index (χ1n) is 7.30. The van der Waals surface area contributed by atoms with Crippen molar-refractivity contribution in [2.45, 2.75) is 28.8 Å². The Balaban J connectivity index is 1.91. The summed E-state index contributed by atoms with van der Waals surface area (Å²) < 4.78 is 56.2. The number of benzene rings is 1. The van der Waals surface area contributed by atoms with Crippen molar-refractivity contribution < 1.29 is 22.2 Å². The van der Waals surface area contributed by atoms with E-state index in [0.29, 0.717) is 5.13 Å². The number of aromatic nitrogens is 2. The minimum atomic E-state index is -4.62. The van der Waals surface area contributed by atoms with Gasteiger partial charge in [0.1, 0.15) is 6.04 Å². The molecule has 1 saturated heterocycles. The molecule has 3 atom stereocenters. The van der Waals surface area contributed by atoms with Gasteiger partial charge in [0.05, 0.1) is 26.5 Å². The van der Waals surface area contributed by atoms with Crippen LogP contribution in [-0.4, -0.2) is 37.3 Å². The second-order valence-corrected chi connectivity index (χ2v) is 8.34. The predicted octanol–water partition coefficient (Wildman–Crippen LogP) is 2.45.